The number of allylic oxidation sites excluding steroid dienone is 1. The summed E-state index contributed by atoms with van der Waals surface area (Å²) in [5, 5.41) is 12.3. The van der Waals surface area contributed by atoms with Crippen LogP contribution in [0.25, 0.3) is 0 Å². The molecule has 4 rings (SSSR count). The van der Waals surface area contributed by atoms with Gasteiger partial charge in [-0.25, -0.2) is 4.68 Å². The summed E-state index contributed by atoms with van der Waals surface area (Å²) in [6.45, 7) is 5.94. The number of anilines is 2. The molecule has 0 spiro atoms. The van der Waals surface area contributed by atoms with Gasteiger partial charge in [-0.2, -0.15) is 4.98 Å². The number of rotatable bonds is 5. The van der Waals surface area contributed by atoms with Crippen molar-refractivity contribution in [2.24, 2.45) is 0 Å². The Bertz CT molecular complexity index is 1120. The first-order chi connectivity index (χ1) is 14.5. The number of nitrogens with one attached hydrogen (secondary N) is 2. The molecule has 0 fully saturated rings. The van der Waals surface area contributed by atoms with Crippen LogP contribution in [-0.2, 0) is 4.79 Å². The molecule has 154 valence electrons. The summed E-state index contributed by atoms with van der Waals surface area (Å²) in [6, 6.07) is 14.8. The van der Waals surface area contributed by atoms with Gasteiger partial charge in [0.05, 0.1) is 5.57 Å². The highest BCUT2D eigenvalue weighted by Crippen LogP contribution is 2.37. The quantitative estimate of drug-likeness (QED) is 0.529. The smallest absolute Gasteiger partial charge is 0.255 e. The lowest BCUT2D eigenvalue weighted by Gasteiger charge is -2.28. The number of aryl methyl sites for hydroxylation is 1. The zero-order chi connectivity index (χ0) is 21.3. The number of halogens is 1. The summed E-state index contributed by atoms with van der Waals surface area (Å²) >= 11 is 7.66. The first-order valence-electron chi connectivity index (χ1n) is 9.67. The van der Waals surface area contributed by atoms with Crippen molar-refractivity contribution in [2.45, 2.75) is 32.0 Å². The van der Waals surface area contributed by atoms with Gasteiger partial charge in [0.1, 0.15) is 6.04 Å². The van der Waals surface area contributed by atoms with Crippen LogP contribution in [-0.4, -0.2) is 26.4 Å². The van der Waals surface area contributed by atoms with Gasteiger partial charge in [-0.1, -0.05) is 54.6 Å². The second kappa shape index (κ2) is 8.53. The Balaban J connectivity index is 1.77. The van der Waals surface area contributed by atoms with Crippen LogP contribution in [0.5, 0.6) is 0 Å². The van der Waals surface area contributed by atoms with Crippen LogP contribution in [0.1, 0.15) is 31.0 Å². The van der Waals surface area contributed by atoms with E-state index >= 15 is 0 Å². The summed E-state index contributed by atoms with van der Waals surface area (Å²) in [6.07, 6.45) is 0. The summed E-state index contributed by atoms with van der Waals surface area (Å²) in [4.78, 5) is 18.0. The van der Waals surface area contributed by atoms with Crippen molar-refractivity contribution in [3.05, 3.63) is 76.0 Å². The normalized spacial score (nSPS) is 15.5. The first kappa shape index (κ1) is 20.5. The van der Waals surface area contributed by atoms with E-state index in [1.807, 2.05) is 62.4 Å². The number of aromatic nitrogens is 3. The molecule has 0 saturated carbocycles. The zero-order valence-corrected chi connectivity index (χ0v) is 18.5. The third-order valence-electron chi connectivity index (χ3n) is 4.81. The number of benzene rings is 2. The minimum absolute atomic E-state index is 0.184. The Labute approximate surface area is 184 Å². The SMILES string of the molecule is CCSc1nc2n(n1)C(c1ccc(Cl)cc1)C(C(=O)Nc1cccc(C)c1)=C(C)N2. The van der Waals surface area contributed by atoms with Crippen molar-refractivity contribution in [3.63, 3.8) is 0 Å². The van der Waals surface area contributed by atoms with Crippen molar-refractivity contribution >= 4 is 40.9 Å². The Hall–Kier alpha value is -2.77. The molecule has 2 N–H and O–H groups in total. The van der Waals surface area contributed by atoms with Gasteiger partial charge in [-0.05, 0) is 55.0 Å². The van der Waals surface area contributed by atoms with Gasteiger partial charge in [-0.3, -0.25) is 4.79 Å². The summed E-state index contributed by atoms with van der Waals surface area (Å²) in [7, 11) is 0. The predicted molar refractivity (Wildman–Crippen MR) is 122 cm³/mol. The van der Waals surface area contributed by atoms with Crippen molar-refractivity contribution in [3.8, 4) is 0 Å². The Morgan fingerprint density at radius 3 is 2.70 bits per heavy atom. The van der Waals surface area contributed by atoms with E-state index in [2.05, 4.69) is 27.6 Å². The largest absolute Gasteiger partial charge is 0.328 e. The molecule has 1 aliphatic heterocycles. The van der Waals surface area contributed by atoms with E-state index in [0.29, 0.717) is 21.7 Å². The second-order valence-electron chi connectivity index (χ2n) is 7.04. The van der Waals surface area contributed by atoms with Crippen LogP contribution in [0.2, 0.25) is 5.02 Å². The van der Waals surface area contributed by atoms with Gasteiger partial charge in [0, 0.05) is 16.4 Å². The second-order valence-corrected chi connectivity index (χ2v) is 8.70. The maximum atomic E-state index is 13.4. The molecule has 30 heavy (non-hydrogen) atoms. The van der Waals surface area contributed by atoms with Gasteiger partial charge in [0.2, 0.25) is 11.1 Å². The van der Waals surface area contributed by atoms with E-state index in [4.69, 9.17) is 11.6 Å². The van der Waals surface area contributed by atoms with Gasteiger partial charge in [0.25, 0.3) is 5.91 Å². The molecule has 0 saturated heterocycles. The molecule has 1 amide bonds. The molecule has 0 aliphatic carbocycles. The van der Waals surface area contributed by atoms with Crippen LogP contribution in [0.15, 0.2) is 65.0 Å². The van der Waals surface area contributed by atoms with Crippen molar-refractivity contribution < 1.29 is 4.79 Å². The summed E-state index contributed by atoms with van der Waals surface area (Å²) < 4.78 is 1.78. The summed E-state index contributed by atoms with van der Waals surface area (Å²) in [5.74, 6) is 1.30. The fraction of sp³-hybridized carbons (Fsp3) is 0.227. The van der Waals surface area contributed by atoms with Crippen molar-refractivity contribution in [1.82, 2.24) is 14.8 Å². The highest BCUT2D eigenvalue weighted by atomic mass is 35.5. The molecule has 2 aromatic carbocycles. The van der Waals surface area contributed by atoms with Gasteiger partial charge in [-0.15, -0.1) is 5.10 Å². The topological polar surface area (TPSA) is 71.8 Å². The Morgan fingerprint density at radius 2 is 2.00 bits per heavy atom. The van der Waals surface area contributed by atoms with E-state index in [1.165, 1.54) is 0 Å². The molecule has 3 aromatic rings. The predicted octanol–water partition coefficient (Wildman–Crippen LogP) is 5.28. The van der Waals surface area contributed by atoms with Crippen LogP contribution in [0, 0.1) is 6.92 Å². The molecule has 8 heteroatoms. The number of fused-ring (bicyclic) bond motifs is 1. The number of amides is 1. The molecule has 1 atom stereocenters. The molecule has 0 radical (unpaired) electrons. The molecule has 2 heterocycles. The minimum Gasteiger partial charge on any atom is -0.328 e. The highest BCUT2D eigenvalue weighted by Gasteiger charge is 2.34. The lowest BCUT2D eigenvalue weighted by Crippen LogP contribution is -2.31. The number of hydrogen-bond acceptors (Lipinski definition) is 5. The van der Waals surface area contributed by atoms with E-state index in [9.17, 15) is 4.79 Å². The third kappa shape index (κ3) is 4.08. The third-order valence-corrected chi connectivity index (χ3v) is 5.78. The standard InChI is InChI=1S/C22H22ClN5OS/c1-4-30-22-26-21-24-14(3)18(20(29)25-17-7-5-6-13(2)12-17)19(28(21)27-22)15-8-10-16(23)11-9-15/h5-12,19H,4H2,1-3H3,(H,25,29)(H,24,26,27). The average Bonchev–Trinajstić information content (AvgIpc) is 3.10. The lowest BCUT2D eigenvalue weighted by atomic mass is 9.95. The maximum absolute atomic E-state index is 13.4. The fourth-order valence-electron chi connectivity index (χ4n) is 3.49. The maximum Gasteiger partial charge on any atom is 0.255 e. The van der Waals surface area contributed by atoms with E-state index in [1.54, 1.807) is 16.4 Å². The monoisotopic (exact) mass is 439 g/mol. The number of carbonyl (C=O) groups is 1. The molecule has 6 nitrogen and oxygen atoms in total. The van der Waals surface area contributed by atoms with Crippen LogP contribution >= 0.6 is 23.4 Å². The Kier molecular flexibility index (Phi) is 5.83. The molecular formula is C22H22ClN5OS. The average molecular weight is 440 g/mol. The molecule has 1 aliphatic rings. The Morgan fingerprint density at radius 1 is 1.23 bits per heavy atom. The van der Waals surface area contributed by atoms with Crippen molar-refractivity contribution in [1.29, 1.82) is 0 Å². The number of carbonyl (C=O) groups excluding carboxylic acids is 1. The molecule has 1 unspecified atom stereocenters. The van der Waals surface area contributed by atoms with Crippen LogP contribution in [0.3, 0.4) is 0 Å². The van der Waals surface area contributed by atoms with Crippen molar-refractivity contribution in [2.75, 3.05) is 16.4 Å². The highest BCUT2D eigenvalue weighted by molar-refractivity contribution is 7.99. The number of thioether (sulfide) groups is 1. The van der Waals surface area contributed by atoms with Gasteiger partial charge >= 0.3 is 0 Å². The number of hydrogen-bond donors (Lipinski definition) is 2. The minimum atomic E-state index is -0.415. The van der Waals surface area contributed by atoms with Gasteiger partial charge in [0.15, 0.2) is 0 Å². The lowest BCUT2D eigenvalue weighted by molar-refractivity contribution is -0.113. The van der Waals surface area contributed by atoms with Crippen LogP contribution in [0.4, 0.5) is 11.6 Å². The fourth-order valence-corrected chi connectivity index (χ4v) is 4.17. The van der Waals surface area contributed by atoms with Gasteiger partial charge < -0.3 is 10.6 Å². The molecular weight excluding hydrogens is 418 g/mol. The van der Waals surface area contributed by atoms with E-state index in [-0.39, 0.29) is 5.91 Å². The molecule has 0 bridgehead atoms. The van der Waals surface area contributed by atoms with Crippen LogP contribution < -0.4 is 10.6 Å². The molecule has 1 aromatic heterocycles. The summed E-state index contributed by atoms with van der Waals surface area (Å²) in [5.41, 5.74) is 4.07. The zero-order valence-electron chi connectivity index (χ0n) is 16.9. The van der Waals surface area contributed by atoms with E-state index < -0.39 is 6.04 Å². The van der Waals surface area contributed by atoms with E-state index in [0.717, 1.165) is 28.3 Å². The number of nitrogens with zero attached hydrogens (tertiary/aromatic N) is 3. The first-order valence-corrected chi connectivity index (χ1v) is 11.0.